The van der Waals surface area contributed by atoms with E-state index >= 15 is 0 Å². The van der Waals surface area contributed by atoms with Gasteiger partial charge < -0.3 is 10.4 Å². The molecule has 3 nitrogen and oxygen atoms in total. The summed E-state index contributed by atoms with van der Waals surface area (Å²) in [7, 11) is 0. The van der Waals surface area contributed by atoms with Gasteiger partial charge in [0.15, 0.2) is 0 Å². The third kappa shape index (κ3) is 11.1. The minimum absolute atomic E-state index is 0.0211. The van der Waals surface area contributed by atoms with Crippen LogP contribution in [0, 0.1) is 0 Å². The molecule has 0 aromatic rings. The van der Waals surface area contributed by atoms with Crippen LogP contribution in [0.4, 0.5) is 0 Å². The Balaban J connectivity index is 3.09. The Morgan fingerprint density at radius 3 is 2.53 bits per heavy atom. The van der Waals surface area contributed by atoms with Crippen LogP contribution >= 0.6 is 0 Å². The molecule has 0 saturated heterocycles. The first-order valence-corrected chi connectivity index (χ1v) is 5.79. The van der Waals surface area contributed by atoms with Crippen molar-refractivity contribution in [2.24, 2.45) is 0 Å². The van der Waals surface area contributed by atoms with Gasteiger partial charge in [0.05, 0.1) is 6.61 Å². The van der Waals surface area contributed by atoms with E-state index in [2.05, 4.69) is 11.9 Å². The summed E-state index contributed by atoms with van der Waals surface area (Å²) in [4.78, 5) is 11.1. The highest BCUT2D eigenvalue weighted by Gasteiger charge is 1.99. The zero-order chi connectivity index (χ0) is 11.4. The summed E-state index contributed by atoms with van der Waals surface area (Å²) in [5.41, 5.74) is 0. The molecule has 0 spiro atoms. The number of aliphatic hydroxyl groups is 1. The van der Waals surface area contributed by atoms with Gasteiger partial charge in [-0.1, -0.05) is 25.3 Å². The molecule has 88 valence electrons. The summed E-state index contributed by atoms with van der Waals surface area (Å²) in [6.45, 7) is 4.07. The number of carbonyl (C=O) groups is 1. The van der Waals surface area contributed by atoms with Gasteiger partial charge in [-0.3, -0.25) is 4.79 Å². The fourth-order valence-electron chi connectivity index (χ4n) is 1.39. The van der Waals surface area contributed by atoms with Crippen LogP contribution in [0.15, 0.2) is 12.7 Å². The van der Waals surface area contributed by atoms with Crippen molar-refractivity contribution < 1.29 is 9.90 Å². The molecule has 0 aromatic heterocycles. The van der Waals surface area contributed by atoms with Crippen molar-refractivity contribution in [3.63, 3.8) is 0 Å². The summed E-state index contributed by atoms with van der Waals surface area (Å²) in [6.07, 6.45) is 9.32. The van der Waals surface area contributed by atoms with Gasteiger partial charge in [0.1, 0.15) is 0 Å². The molecule has 1 amide bonds. The predicted octanol–water partition coefficient (Wildman–Crippen LogP) is 2.01. The van der Waals surface area contributed by atoms with Crippen LogP contribution in [0.25, 0.3) is 0 Å². The van der Waals surface area contributed by atoms with Crippen LogP contribution in [0.5, 0.6) is 0 Å². The summed E-state index contributed by atoms with van der Waals surface area (Å²) in [6, 6.07) is 0. The van der Waals surface area contributed by atoms with Gasteiger partial charge >= 0.3 is 0 Å². The Kier molecular flexibility index (Phi) is 10.6. The molecule has 2 N–H and O–H groups in total. The number of hydrogen-bond acceptors (Lipinski definition) is 2. The van der Waals surface area contributed by atoms with Crippen LogP contribution in [0.1, 0.15) is 44.9 Å². The molecule has 0 aromatic carbocycles. The molecule has 0 rings (SSSR count). The Morgan fingerprint density at radius 2 is 1.87 bits per heavy atom. The molecule has 0 aliphatic carbocycles. The second-order valence-corrected chi connectivity index (χ2v) is 3.67. The molecule has 0 unspecified atom stereocenters. The molecule has 15 heavy (non-hydrogen) atoms. The number of unbranched alkanes of at least 4 members (excludes halogenated alkanes) is 5. The van der Waals surface area contributed by atoms with Crippen molar-refractivity contribution in [3.05, 3.63) is 12.7 Å². The highest BCUT2D eigenvalue weighted by atomic mass is 16.3. The molecular weight excluding hydrogens is 190 g/mol. The van der Waals surface area contributed by atoms with Crippen LogP contribution in [-0.4, -0.2) is 24.2 Å². The first-order valence-electron chi connectivity index (χ1n) is 5.79. The fraction of sp³-hybridized carbons (Fsp3) is 0.750. The maximum atomic E-state index is 11.1. The standard InChI is InChI=1S/C12H23NO2/c1-2-3-4-5-6-7-8-9-12(15)13-10-11-14/h2,14H,1,3-11H2,(H,13,15). The molecule has 0 atom stereocenters. The van der Waals surface area contributed by atoms with Crippen LogP contribution in [-0.2, 0) is 4.79 Å². The molecule has 0 heterocycles. The zero-order valence-electron chi connectivity index (χ0n) is 9.50. The lowest BCUT2D eigenvalue weighted by atomic mass is 10.1. The summed E-state index contributed by atoms with van der Waals surface area (Å²) in [5.74, 6) is 0.0511. The Labute approximate surface area is 92.6 Å². The van der Waals surface area contributed by atoms with Crippen molar-refractivity contribution in [2.45, 2.75) is 44.9 Å². The lowest BCUT2D eigenvalue weighted by Gasteiger charge is -2.02. The van der Waals surface area contributed by atoms with Gasteiger partial charge in [-0.05, 0) is 19.3 Å². The minimum Gasteiger partial charge on any atom is -0.395 e. The van der Waals surface area contributed by atoms with E-state index in [1.807, 2.05) is 6.08 Å². The predicted molar refractivity (Wildman–Crippen MR) is 62.6 cm³/mol. The Morgan fingerprint density at radius 1 is 1.20 bits per heavy atom. The van der Waals surface area contributed by atoms with Crippen molar-refractivity contribution in [1.29, 1.82) is 0 Å². The maximum Gasteiger partial charge on any atom is 0.220 e. The van der Waals surface area contributed by atoms with Crippen molar-refractivity contribution in [3.8, 4) is 0 Å². The number of rotatable bonds is 10. The lowest BCUT2D eigenvalue weighted by Crippen LogP contribution is -2.25. The molecule has 3 heteroatoms. The number of hydrogen-bond donors (Lipinski definition) is 2. The summed E-state index contributed by atoms with van der Waals surface area (Å²) < 4.78 is 0. The van der Waals surface area contributed by atoms with E-state index in [4.69, 9.17) is 5.11 Å². The van der Waals surface area contributed by atoms with E-state index in [-0.39, 0.29) is 12.5 Å². The van der Waals surface area contributed by atoms with Gasteiger partial charge in [-0.2, -0.15) is 0 Å². The quantitative estimate of drug-likeness (QED) is 0.431. The maximum absolute atomic E-state index is 11.1. The number of allylic oxidation sites excluding steroid dienone is 1. The lowest BCUT2D eigenvalue weighted by molar-refractivity contribution is -0.121. The molecule has 0 aliphatic rings. The average molecular weight is 213 g/mol. The van der Waals surface area contributed by atoms with E-state index in [9.17, 15) is 4.79 Å². The zero-order valence-corrected chi connectivity index (χ0v) is 9.50. The van der Waals surface area contributed by atoms with Crippen molar-refractivity contribution >= 4 is 5.91 Å². The third-order valence-corrected chi connectivity index (χ3v) is 2.25. The normalized spacial score (nSPS) is 9.93. The fourth-order valence-corrected chi connectivity index (χ4v) is 1.39. The number of nitrogens with one attached hydrogen (secondary N) is 1. The summed E-state index contributed by atoms with van der Waals surface area (Å²) in [5, 5.41) is 11.1. The van der Waals surface area contributed by atoms with Crippen LogP contribution in [0.3, 0.4) is 0 Å². The van der Waals surface area contributed by atoms with E-state index in [0.717, 1.165) is 19.3 Å². The molecule has 0 bridgehead atoms. The summed E-state index contributed by atoms with van der Waals surface area (Å²) >= 11 is 0. The third-order valence-electron chi connectivity index (χ3n) is 2.25. The number of carbonyl (C=O) groups excluding carboxylic acids is 1. The Hall–Kier alpha value is -0.830. The second-order valence-electron chi connectivity index (χ2n) is 3.67. The molecular formula is C12H23NO2. The molecule has 0 saturated carbocycles. The number of amides is 1. The molecule has 0 aliphatic heterocycles. The minimum atomic E-state index is 0.0211. The SMILES string of the molecule is C=CCCCCCCCC(=O)NCCO. The van der Waals surface area contributed by atoms with Gasteiger partial charge in [0.25, 0.3) is 0 Å². The van der Waals surface area contributed by atoms with E-state index < -0.39 is 0 Å². The highest BCUT2D eigenvalue weighted by molar-refractivity contribution is 5.75. The monoisotopic (exact) mass is 213 g/mol. The van der Waals surface area contributed by atoms with E-state index in [1.165, 1.54) is 19.3 Å². The van der Waals surface area contributed by atoms with Gasteiger partial charge in [-0.25, -0.2) is 0 Å². The topological polar surface area (TPSA) is 49.3 Å². The van der Waals surface area contributed by atoms with E-state index in [0.29, 0.717) is 13.0 Å². The largest absolute Gasteiger partial charge is 0.395 e. The smallest absolute Gasteiger partial charge is 0.220 e. The molecule has 0 radical (unpaired) electrons. The van der Waals surface area contributed by atoms with Gasteiger partial charge in [0, 0.05) is 13.0 Å². The van der Waals surface area contributed by atoms with Crippen LogP contribution in [0.2, 0.25) is 0 Å². The van der Waals surface area contributed by atoms with Crippen molar-refractivity contribution in [2.75, 3.05) is 13.2 Å². The second kappa shape index (κ2) is 11.2. The Bertz CT molecular complexity index is 169. The highest BCUT2D eigenvalue weighted by Crippen LogP contribution is 2.07. The number of aliphatic hydroxyl groups excluding tert-OH is 1. The van der Waals surface area contributed by atoms with E-state index in [1.54, 1.807) is 0 Å². The average Bonchev–Trinajstić information content (AvgIpc) is 2.25. The van der Waals surface area contributed by atoms with Gasteiger partial charge in [-0.15, -0.1) is 6.58 Å². The van der Waals surface area contributed by atoms with Crippen molar-refractivity contribution in [1.82, 2.24) is 5.32 Å². The van der Waals surface area contributed by atoms with Gasteiger partial charge in [0.2, 0.25) is 5.91 Å². The first-order chi connectivity index (χ1) is 7.31. The van der Waals surface area contributed by atoms with Crippen LogP contribution < -0.4 is 5.32 Å². The molecule has 0 fully saturated rings. The first kappa shape index (κ1) is 14.2.